The van der Waals surface area contributed by atoms with E-state index in [9.17, 15) is 18.4 Å². The number of benzene rings is 3. The maximum absolute atomic E-state index is 13.6. The van der Waals surface area contributed by atoms with Crippen molar-refractivity contribution in [3.05, 3.63) is 90.0 Å². The Balaban J connectivity index is 1.60. The number of azo groups is 1. The highest BCUT2D eigenvalue weighted by molar-refractivity contribution is 6.08. The quantitative estimate of drug-likeness (QED) is 0.599. The first-order valence-electron chi connectivity index (χ1n) is 8.16. The topological polar surface area (TPSA) is 82.9 Å². The highest BCUT2D eigenvalue weighted by Gasteiger charge is 2.19. The summed E-state index contributed by atoms with van der Waals surface area (Å²) >= 11 is 0. The van der Waals surface area contributed by atoms with E-state index < -0.39 is 29.1 Å². The van der Waals surface area contributed by atoms with Crippen molar-refractivity contribution >= 4 is 29.0 Å². The van der Waals surface area contributed by atoms with Gasteiger partial charge in [-0.3, -0.25) is 10.1 Å². The normalized spacial score (nSPS) is 10.6. The van der Waals surface area contributed by atoms with E-state index in [4.69, 9.17) is 0 Å². The number of halogens is 2. The number of nitrogens with one attached hydrogen (secondary N) is 2. The van der Waals surface area contributed by atoms with Gasteiger partial charge in [-0.1, -0.05) is 24.3 Å². The number of nitrogens with zero attached hydrogens (tertiary/aromatic N) is 2. The average Bonchev–Trinajstić information content (AvgIpc) is 2.68. The van der Waals surface area contributed by atoms with E-state index in [1.807, 2.05) is 23.5 Å². The number of carbonyl (C=O) groups excluding carboxylic acids is 2. The molecule has 0 aliphatic carbocycles. The van der Waals surface area contributed by atoms with Gasteiger partial charge in [0.25, 0.3) is 5.91 Å². The Morgan fingerprint density at radius 3 is 1.89 bits per heavy atom. The number of carbonyl (C=O) groups is 2. The smallest absolute Gasteiger partial charge is 0.308 e. The summed E-state index contributed by atoms with van der Waals surface area (Å²) in [5, 5.41) is 12.4. The highest BCUT2D eigenvalue weighted by atomic mass is 19.1. The van der Waals surface area contributed by atoms with Crippen LogP contribution in [0.5, 0.6) is 0 Å². The molecule has 0 aliphatic rings. The van der Waals surface area contributed by atoms with Crippen molar-refractivity contribution in [1.29, 1.82) is 0 Å². The number of hydrogen-bond acceptors (Lipinski definition) is 4. The Hall–Kier alpha value is -3.94. The molecule has 140 valence electrons. The summed E-state index contributed by atoms with van der Waals surface area (Å²) in [5.74, 6) is -3.29. The summed E-state index contributed by atoms with van der Waals surface area (Å²) in [5.41, 5.74) is 0.787. The molecule has 0 spiro atoms. The Kier molecular flexibility index (Phi) is 5.81. The minimum Gasteiger partial charge on any atom is -0.308 e. The fourth-order valence-electron chi connectivity index (χ4n) is 2.26. The summed E-state index contributed by atoms with van der Waals surface area (Å²) in [6.45, 7) is 0. The third-order valence-corrected chi connectivity index (χ3v) is 3.58. The van der Waals surface area contributed by atoms with Crippen LogP contribution in [0.15, 0.2) is 83.0 Å². The molecule has 28 heavy (non-hydrogen) atoms. The Morgan fingerprint density at radius 1 is 0.714 bits per heavy atom. The van der Waals surface area contributed by atoms with Crippen LogP contribution in [-0.2, 0) is 0 Å². The molecule has 6 nitrogen and oxygen atoms in total. The lowest BCUT2D eigenvalue weighted by Gasteiger charge is -2.08. The fraction of sp³-hybridized carbons (Fsp3) is 0. The molecule has 2 N–H and O–H groups in total. The molecule has 3 amide bonds. The van der Waals surface area contributed by atoms with E-state index >= 15 is 0 Å². The number of anilines is 1. The first-order valence-corrected chi connectivity index (χ1v) is 8.16. The van der Waals surface area contributed by atoms with Gasteiger partial charge in [-0.2, -0.15) is 10.2 Å². The largest absolute Gasteiger partial charge is 0.326 e. The molecule has 0 unspecified atom stereocenters. The molecule has 0 saturated heterocycles. The summed E-state index contributed by atoms with van der Waals surface area (Å²) in [6.07, 6.45) is 0. The van der Waals surface area contributed by atoms with Crippen molar-refractivity contribution in [3.8, 4) is 0 Å². The first kappa shape index (κ1) is 18.8. The molecule has 0 fully saturated rings. The molecule has 0 heterocycles. The van der Waals surface area contributed by atoms with Gasteiger partial charge in [-0.15, -0.1) is 0 Å². The highest BCUT2D eigenvalue weighted by Crippen LogP contribution is 2.20. The van der Waals surface area contributed by atoms with Crippen LogP contribution in [0.4, 0.5) is 30.6 Å². The van der Waals surface area contributed by atoms with E-state index in [0.717, 1.165) is 18.2 Å². The lowest BCUT2D eigenvalue weighted by molar-refractivity contribution is 0.0959. The van der Waals surface area contributed by atoms with Crippen molar-refractivity contribution < 1.29 is 18.4 Å². The van der Waals surface area contributed by atoms with Gasteiger partial charge in [0.1, 0.15) is 17.2 Å². The van der Waals surface area contributed by atoms with Crippen molar-refractivity contribution in [1.82, 2.24) is 5.32 Å². The SMILES string of the molecule is O=C(NC(=O)c1c(F)cccc1F)Nc1ccc(N=Nc2ccccc2)cc1. The van der Waals surface area contributed by atoms with Gasteiger partial charge in [0.2, 0.25) is 0 Å². The van der Waals surface area contributed by atoms with E-state index in [-0.39, 0.29) is 0 Å². The van der Waals surface area contributed by atoms with Gasteiger partial charge < -0.3 is 5.32 Å². The van der Waals surface area contributed by atoms with Gasteiger partial charge in [0, 0.05) is 5.69 Å². The number of urea groups is 1. The second kappa shape index (κ2) is 8.63. The van der Waals surface area contributed by atoms with E-state index in [2.05, 4.69) is 15.5 Å². The van der Waals surface area contributed by atoms with Gasteiger partial charge in [-0.25, -0.2) is 13.6 Å². The third kappa shape index (κ3) is 4.82. The zero-order chi connectivity index (χ0) is 19.9. The van der Waals surface area contributed by atoms with Crippen molar-refractivity contribution in [2.75, 3.05) is 5.32 Å². The van der Waals surface area contributed by atoms with Crippen LogP contribution < -0.4 is 10.6 Å². The Bertz CT molecular complexity index is 1000. The van der Waals surface area contributed by atoms with Crippen LogP contribution in [0.2, 0.25) is 0 Å². The molecule has 3 aromatic rings. The van der Waals surface area contributed by atoms with Crippen LogP contribution in [0.25, 0.3) is 0 Å². The summed E-state index contributed by atoms with van der Waals surface area (Å²) in [6, 6.07) is 17.5. The number of rotatable bonds is 4. The molecule has 0 aliphatic heterocycles. The lowest BCUT2D eigenvalue weighted by Crippen LogP contribution is -2.35. The minimum atomic E-state index is -1.18. The maximum atomic E-state index is 13.6. The van der Waals surface area contributed by atoms with Crippen LogP contribution >= 0.6 is 0 Å². The monoisotopic (exact) mass is 380 g/mol. The zero-order valence-corrected chi connectivity index (χ0v) is 14.4. The predicted molar refractivity (Wildman–Crippen MR) is 99.9 cm³/mol. The molecule has 0 saturated carbocycles. The minimum absolute atomic E-state index is 0.359. The number of hydrogen-bond donors (Lipinski definition) is 2. The van der Waals surface area contributed by atoms with Crippen molar-refractivity contribution in [2.45, 2.75) is 0 Å². The van der Waals surface area contributed by atoms with E-state index in [0.29, 0.717) is 17.1 Å². The van der Waals surface area contributed by atoms with Gasteiger partial charge >= 0.3 is 6.03 Å². The van der Waals surface area contributed by atoms with Gasteiger partial charge in [0.05, 0.1) is 11.4 Å². The van der Waals surface area contributed by atoms with Crippen molar-refractivity contribution in [2.24, 2.45) is 10.2 Å². The predicted octanol–water partition coefficient (Wildman–Crippen LogP) is 5.34. The zero-order valence-electron chi connectivity index (χ0n) is 14.4. The maximum Gasteiger partial charge on any atom is 0.326 e. The number of amides is 3. The molecular weight excluding hydrogens is 366 g/mol. The molecule has 0 aromatic heterocycles. The van der Waals surface area contributed by atoms with Gasteiger partial charge in [-0.05, 0) is 48.5 Å². The first-order chi connectivity index (χ1) is 13.5. The van der Waals surface area contributed by atoms with Gasteiger partial charge in [0.15, 0.2) is 0 Å². The molecule has 0 radical (unpaired) electrons. The van der Waals surface area contributed by atoms with Crippen LogP contribution in [-0.4, -0.2) is 11.9 Å². The van der Waals surface area contributed by atoms with E-state index in [1.54, 1.807) is 36.4 Å². The summed E-state index contributed by atoms with van der Waals surface area (Å²) < 4.78 is 27.1. The standard InChI is InChI=1S/C20H14F2N4O2/c21-16-7-4-8-17(22)18(16)19(27)24-20(28)23-13-9-11-15(12-10-13)26-25-14-5-2-1-3-6-14/h1-12H,(H2,23,24,27,28). The molecular formula is C20H14F2N4O2. The third-order valence-electron chi connectivity index (χ3n) is 3.58. The fourth-order valence-corrected chi connectivity index (χ4v) is 2.26. The van der Waals surface area contributed by atoms with E-state index in [1.165, 1.54) is 0 Å². The number of imide groups is 1. The summed E-state index contributed by atoms with van der Waals surface area (Å²) in [7, 11) is 0. The molecule has 0 bridgehead atoms. The summed E-state index contributed by atoms with van der Waals surface area (Å²) in [4.78, 5) is 23.8. The second-order valence-electron chi connectivity index (χ2n) is 5.59. The van der Waals surface area contributed by atoms with Crippen LogP contribution in [0.3, 0.4) is 0 Å². The molecule has 3 rings (SSSR count). The van der Waals surface area contributed by atoms with Crippen LogP contribution in [0, 0.1) is 11.6 Å². The Morgan fingerprint density at radius 2 is 1.29 bits per heavy atom. The molecule has 8 heteroatoms. The second-order valence-corrected chi connectivity index (χ2v) is 5.59. The Labute approximate surface area is 158 Å². The lowest BCUT2D eigenvalue weighted by atomic mass is 10.2. The van der Waals surface area contributed by atoms with Crippen molar-refractivity contribution in [3.63, 3.8) is 0 Å². The molecule has 3 aromatic carbocycles. The molecule has 0 atom stereocenters. The van der Waals surface area contributed by atoms with Crippen LogP contribution in [0.1, 0.15) is 10.4 Å². The average molecular weight is 380 g/mol.